The molecular weight excluding hydrogens is 326 g/mol. The first-order valence-electron chi connectivity index (χ1n) is 8.35. The number of methoxy groups -OCH3 is 1. The number of carbonyl (C=O) groups excluding carboxylic acids is 1. The highest BCUT2D eigenvalue weighted by Crippen LogP contribution is 2.26. The van der Waals surface area contributed by atoms with Gasteiger partial charge in [-0.05, 0) is 36.8 Å². The van der Waals surface area contributed by atoms with Crippen molar-refractivity contribution in [2.45, 2.75) is 13.5 Å². The summed E-state index contributed by atoms with van der Waals surface area (Å²) in [6, 6.07) is 19.2. The fourth-order valence-corrected chi connectivity index (χ4v) is 2.63. The number of aryl methyl sites for hydroxylation is 1. The maximum Gasteiger partial charge on any atom is 0.270 e. The fourth-order valence-electron chi connectivity index (χ4n) is 2.63. The Morgan fingerprint density at radius 1 is 1.08 bits per heavy atom. The monoisotopic (exact) mass is 347 g/mol. The standard InChI is InChI=1S/C21H21N3O2/c1-15-6-5-7-16(12-15)14-23-21(25)19-13-17(10-11-22-19)24-18-8-3-4-9-20(18)26-2/h3-13H,14H2,1-2H3,(H,22,24)(H,23,25). The van der Waals surface area contributed by atoms with E-state index < -0.39 is 0 Å². The number of carbonyl (C=O) groups is 1. The largest absolute Gasteiger partial charge is 0.495 e. The predicted octanol–water partition coefficient (Wildman–Crippen LogP) is 4.07. The third kappa shape index (κ3) is 4.39. The quantitative estimate of drug-likeness (QED) is 0.705. The van der Waals surface area contributed by atoms with E-state index in [1.54, 1.807) is 19.4 Å². The van der Waals surface area contributed by atoms with E-state index in [9.17, 15) is 4.79 Å². The zero-order chi connectivity index (χ0) is 18.4. The lowest BCUT2D eigenvalue weighted by Crippen LogP contribution is -2.23. The minimum absolute atomic E-state index is 0.213. The molecule has 2 aromatic carbocycles. The summed E-state index contributed by atoms with van der Waals surface area (Å²) in [6.45, 7) is 2.49. The SMILES string of the molecule is COc1ccccc1Nc1ccnc(C(=O)NCc2cccc(C)c2)c1. The van der Waals surface area contributed by atoms with Gasteiger partial charge in [-0.15, -0.1) is 0 Å². The first-order valence-corrected chi connectivity index (χ1v) is 8.35. The summed E-state index contributed by atoms with van der Waals surface area (Å²) < 4.78 is 5.34. The molecule has 0 spiro atoms. The minimum Gasteiger partial charge on any atom is -0.495 e. The van der Waals surface area contributed by atoms with Crippen LogP contribution in [0.1, 0.15) is 21.6 Å². The Kier molecular flexibility index (Phi) is 5.49. The van der Waals surface area contributed by atoms with Crippen molar-refractivity contribution >= 4 is 17.3 Å². The molecule has 0 unspecified atom stereocenters. The van der Waals surface area contributed by atoms with Crippen LogP contribution in [0.15, 0.2) is 66.9 Å². The molecule has 3 aromatic rings. The van der Waals surface area contributed by atoms with Crippen LogP contribution < -0.4 is 15.4 Å². The van der Waals surface area contributed by atoms with E-state index in [0.29, 0.717) is 12.2 Å². The molecule has 5 nitrogen and oxygen atoms in total. The molecule has 0 aliphatic heterocycles. The first-order chi connectivity index (χ1) is 12.7. The summed E-state index contributed by atoms with van der Waals surface area (Å²) in [5, 5.41) is 6.16. The van der Waals surface area contributed by atoms with Crippen molar-refractivity contribution in [2.75, 3.05) is 12.4 Å². The molecule has 26 heavy (non-hydrogen) atoms. The second-order valence-corrected chi connectivity index (χ2v) is 5.93. The van der Waals surface area contributed by atoms with E-state index in [2.05, 4.69) is 15.6 Å². The minimum atomic E-state index is -0.213. The van der Waals surface area contributed by atoms with Gasteiger partial charge in [-0.25, -0.2) is 0 Å². The maximum absolute atomic E-state index is 12.4. The van der Waals surface area contributed by atoms with Crippen molar-refractivity contribution in [1.82, 2.24) is 10.3 Å². The van der Waals surface area contributed by atoms with Crippen LogP contribution in [0.4, 0.5) is 11.4 Å². The number of nitrogens with zero attached hydrogens (tertiary/aromatic N) is 1. The van der Waals surface area contributed by atoms with Crippen molar-refractivity contribution in [3.05, 3.63) is 83.7 Å². The van der Waals surface area contributed by atoms with E-state index in [1.807, 2.05) is 61.5 Å². The average Bonchev–Trinajstić information content (AvgIpc) is 2.67. The normalized spacial score (nSPS) is 10.2. The van der Waals surface area contributed by atoms with E-state index in [-0.39, 0.29) is 5.91 Å². The Balaban J connectivity index is 1.69. The molecule has 132 valence electrons. The van der Waals surface area contributed by atoms with Gasteiger partial charge in [0.2, 0.25) is 0 Å². The molecule has 0 saturated heterocycles. The highest BCUT2D eigenvalue weighted by Gasteiger charge is 2.09. The number of hydrogen-bond donors (Lipinski definition) is 2. The zero-order valence-electron chi connectivity index (χ0n) is 14.8. The van der Waals surface area contributed by atoms with Crippen molar-refractivity contribution in [1.29, 1.82) is 0 Å². The molecule has 1 heterocycles. The van der Waals surface area contributed by atoms with E-state index >= 15 is 0 Å². The van der Waals surface area contributed by atoms with Gasteiger partial charge < -0.3 is 15.4 Å². The summed E-state index contributed by atoms with van der Waals surface area (Å²) in [5.74, 6) is 0.518. The van der Waals surface area contributed by atoms with E-state index in [0.717, 1.165) is 28.3 Å². The Morgan fingerprint density at radius 3 is 2.73 bits per heavy atom. The number of benzene rings is 2. The van der Waals surface area contributed by atoms with Crippen molar-refractivity contribution < 1.29 is 9.53 Å². The van der Waals surface area contributed by atoms with Gasteiger partial charge in [0.15, 0.2) is 0 Å². The van der Waals surface area contributed by atoms with Gasteiger partial charge in [0.1, 0.15) is 11.4 Å². The lowest BCUT2D eigenvalue weighted by atomic mass is 10.1. The second-order valence-electron chi connectivity index (χ2n) is 5.93. The van der Waals surface area contributed by atoms with Crippen LogP contribution in [0.2, 0.25) is 0 Å². The Morgan fingerprint density at radius 2 is 1.92 bits per heavy atom. The number of anilines is 2. The third-order valence-corrected chi connectivity index (χ3v) is 3.91. The highest BCUT2D eigenvalue weighted by atomic mass is 16.5. The first kappa shape index (κ1) is 17.5. The van der Waals surface area contributed by atoms with E-state index in [4.69, 9.17) is 4.74 Å². The van der Waals surface area contributed by atoms with Crippen LogP contribution in [-0.2, 0) is 6.54 Å². The lowest BCUT2D eigenvalue weighted by molar-refractivity contribution is 0.0946. The number of nitrogens with one attached hydrogen (secondary N) is 2. The number of amides is 1. The van der Waals surface area contributed by atoms with Crippen LogP contribution in [0, 0.1) is 6.92 Å². The van der Waals surface area contributed by atoms with Crippen LogP contribution in [0.3, 0.4) is 0 Å². The summed E-state index contributed by atoms with van der Waals surface area (Å²) in [5.41, 5.74) is 4.18. The fraction of sp³-hybridized carbons (Fsp3) is 0.143. The molecule has 1 amide bonds. The Hall–Kier alpha value is -3.34. The molecule has 5 heteroatoms. The van der Waals surface area contributed by atoms with Gasteiger partial charge >= 0.3 is 0 Å². The lowest BCUT2D eigenvalue weighted by Gasteiger charge is -2.11. The molecule has 0 saturated carbocycles. The van der Waals surface area contributed by atoms with Crippen molar-refractivity contribution in [2.24, 2.45) is 0 Å². The van der Waals surface area contributed by atoms with Gasteiger partial charge in [-0.1, -0.05) is 42.0 Å². The van der Waals surface area contributed by atoms with Crippen molar-refractivity contribution in [3.63, 3.8) is 0 Å². The summed E-state index contributed by atoms with van der Waals surface area (Å²) in [7, 11) is 1.62. The van der Waals surface area contributed by atoms with Crippen LogP contribution in [-0.4, -0.2) is 18.0 Å². The number of pyridine rings is 1. The molecule has 3 rings (SSSR count). The summed E-state index contributed by atoms with van der Waals surface area (Å²) in [6.07, 6.45) is 1.61. The maximum atomic E-state index is 12.4. The Bertz CT molecular complexity index is 909. The van der Waals surface area contributed by atoms with Gasteiger partial charge in [-0.2, -0.15) is 0 Å². The van der Waals surface area contributed by atoms with Crippen LogP contribution in [0.25, 0.3) is 0 Å². The zero-order valence-corrected chi connectivity index (χ0v) is 14.8. The molecule has 1 aromatic heterocycles. The van der Waals surface area contributed by atoms with Gasteiger partial charge in [0, 0.05) is 18.4 Å². The average molecular weight is 347 g/mol. The molecule has 2 N–H and O–H groups in total. The Labute approximate surface area is 153 Å². The number of ether oxygens (including phenoxy) is 1. The number of rotatable bonds is 6. The number of para-hydroxylation sites is 2. The van der Waals surface area contributed by atoms with Gasteiger partial charge in [0.05, 0.1) is 12.8 Å². The molecule has 0 radical (unpaired) electrons. The highest BCUT2D eigenvalue weighted by molar-refractivity contribution is 5.93. The second kappa shape index (κ2) is 8.16. The summed E-state index contributed by atoms with van der Waals surface area (Å²) >= 11 is 0. The topological polar surface area (TPSA) is 63.2 Å². The molecule has 0 bridgehead atoms. The third-order valence-electron chi connectivity index (χ3n) is 3.91. The molecule has 0 atom stereocenters. The predicted molar refractivity (Wildman–Crippen MR) is 103 cm³/mol. The molecule has 0 fully saturated rings. The van der Waals surface area contributed by atoms with Crippen molar-refractivity contribution in [3.8, 4) is 5.75 Å². The molecular formula is C21H21N3O2. The molecule has 0 aliphatic rings. The van der Waals surface area contributed by atoms with Crippen LogP contribution in [0.5, 0.6) is 5.75 Å². The number of aromatic nitrogens is 1. The smallest absolute Gasteiger partial charge is 0.270 e. The number of hydrogen-bond acceptors (Lipinski definition) is 4. The van der Waals surface area contributed by atoms with Gasteiger partial charge in [-0.3, -0.25) is 9.78 Å². The summed E-state index contributed by atoms with van der Waals surface area (Å²) in [4.78, 5) is 16.6. The van der Waals surface area contributed by atoms with Crippen LogP contribution >= 0.6 is 0 Å². The van der Waals surface area contributed by atoms with E-state index in [1.165, 1.54) is 0 Å². The van der Waals surface area contributed by atoms with Gasteiger partial charge in [0.25, 0.3) is 5.91 Å². The molecule has 0 aliphatic carbocycles.